The fourth-order valence-corrected chi connectivity index (χ4v) is 1.15. The second-order valence-corrected chi connectivity index (χ2v) is 2.49. The summed E-state index contributed by atoms with van der Waals surface area (Å²) in [5, 5.41) is 0. The van der Waals surface area contributed by atoms with E-state index in [0.717, 1.165) is 10.4 Å². The summed E-state index contributed by atoms with van der Waals surface area (Å²) in [5.41, 5.74) is 0. The quantitative estimate of drug-likeness (QED) is 0.657. The first-order valence-corrected chi connectivity index (χ1v) is 3.37. The van der Waals surface area contributed by atoms with E-state index in [0.29, 0.717) is 0 Å². The minimum atomic E-state index is 0.940. The molecule has 0 radical (unpaired) electrons. The van der Waals surface area contributed by atoms with Gasteiger partial charge in [-0.05, 0) is 22.9 Å². The lowest BCUT2D eigenvalue weighted by Gasteiger charge is -1.94. The van der Waals surface area contributed by atoms with Crippen LogP contribution in [-0.2, 0) is 0 Å². The van der Waals surface area contributed by atoms with Gasteiger partial charge in [-0.1, -0.05) is 6.58 Å². The Labute approximate surface area is 62.3 Å². The summed E-state index contributed by atoms with van der Waals surface area (Å²) in [6.45, 7) is 5.54. The Morgan fingerprint density at radius 2 is 2.56 bits per heavy atom. The predicted molar refractivity (Wildman–Crippen MR) is 41.1 cm³/mol. The topological polar surface area (TPSA) is 17.8 Å². The van der Waals surface area contributed by atoms with Crippen molar-refractivity contribution in [1.82, 2.24) is 9.55 Å². The van der Waals surface area contributed by atoms with Gasteiger partial charge in [-0.2, -0.15) is 0 Å². The first-order chi connectivity index (χ1) is 4.25. The van der Waals surface area contributed by atoms with Crippen molar-refractivity contribution in [2.75, 3.05) is 0 Å². The van der Waals surface area contributed by atoms with Crippen LogP contribution < -0.4 is 0 Å². The van der Waals surface area contributed by atoms with Crippen molar-refractivity contribution in [3.63, 3.8) is 0 Å². The van der Waals surface area contributed by atoms with Gasteiger partial charge in [0.15, 0.2) is 0 Å². The molecule has 0 unspecified atom stereocenters. The van der Waals surface area contributed by atoms with E-state index in [2.05, 4.69) is 27.5 Å². The molecule has 0 aromatic carbocycles. The molecule has 0 fully saturated rings. The molecule has 1 aromatic heterocycles. The number of hydrogen-bond donors (Lipinski definition) is 0. The summed E-state index contributed by atoms with van der Waals surface area (Å²) >= 11 is 3.31. The van der Waals surface area contributed by atoms with E-state index >= 15 is 0 Å². The molecule has 0 saturated heterocycles. The average Bonchev–Trinajstić information content (AvgIpc) is 2.12. The highest BCUT2D eigenvalue weighted by Crippen LogP contribution is 2.10. The molecule has 3 heteroatoms. The molecular formula is C6H7BrN2. The van der Waals surface area contributed by atoms with Gasteiger partial charge in [0.25, 0.3) is 0 Å². The zero-order valence-corrected chi connectivity index (χ0v) is 6.72. The zero-order valence-electron chi connectivity index (χ0n) is 5.13. The molecular weight excluding hydrogens is 180 g/mol. The molecule has 9 heavy (non-hydrogen) atoms. The van der Waals surface area contributed by atoms with Crippen LogP contribution in [0.1, 0.15) is 5.82 Å². The molecule has 0 bridgehead atoms. The van der Waals surface area contributed by atoms with Crippen LogP contribution >= 0.6 is 15.9 Å². The average molecular weight is 187 g/mol. The number of aryl methyl sites for hydroxylation is 1. The Morgan fingerprint density at radius 1 is 1.89 bits per heavy atom. The van der Waals surface area contributed by atoms with Crippen LogP contribution in [0.4, 0.5) is 0 Å². The lowest BCUT2D eigenvalue weighted by molar-refractivity contribution is 1.02. The van der Waals surface area contributed by atoms with E-state index in [4.69, 9.17) is 0 Å². The maximum Gasteiger partial charge on any atom is 0.110 e. The van der Waals surface area contributed by atoms with Gasteiger partial charge in [-0.25, -0.2) is 4.98 Å². The Balaban J connectivity index is 3.22. The number of halogens is 1. The molecule has 48 valence electrons. The van der Waals surface area contributed by atoms with E-state index in [9.17, 15) is 0 Å². The zero-order chi connectivity index (χ0) is 6.85. The fourth-order valence-electron chi connectivity index (χ4n) is 0.645. The highest BCUT2D eigenvalue weighted by atomic mass is 79.9. The van der Waals surface area contributed by atoms with Crippen LogP contribution in [0.25, 0.3) is 6.20 Å². The van der Waals surface area contributed by atoms with Crippen LogP contribution in [0.15, 0.2) is 17.4 Å². The maximum absolute atomic E-state index is 4.03. The second kappa shape index (κ2) is 2.35. The van der Waals surface area contributed by atoms with Gasteiger partial charge in [0.2, 0.25) is 0 Å². The van der Waals surface area contributed by atoms with Crippen LogP contribution in [0.2, 0.25) is 0 Å². The normalized spacial score (nSPS) is 9.56. The van der Waals surface area contributed by atoms with E-state index < -0.39 is 0 Å². The third-order valence-corrected chi connectivity index (χ3v) is 1.71. The molecule has 0 spiro atoms. The van der Waals surface area contributed by atoms with Gasteiger partial charge in [0.1, 0.15) is 10.4 Å². The third kappa shape index (κ3) is 1.05. The first-order valence-electron chi connectivity index (χ1n) is 2.57. The summed E-state index contributed by atoms with van der Waals surface area (Å²) < 4.78 is 2.80. The maximum atomic E-state index is 4.03. The van der Waals surface area contributed by atoms with Crippen molar-refractivity contribution in [3.05, 3.63) is 23.2 Å². The highest BCUT2D eigenvalue weighted by Gasteiger charge is 1.96. The van der Waals surface area contributed by atoms with E-state index in [1.165, 1.54) is 0 Å². The van der Waals surface area contributed by atoms with E-state index in [-0.39, 0.29) is 0 Å². The fraction of sp³-hybridized carbons (Fsp3) is 0.167. The highest BCUT2D eigenvalue weighted by molar-refractivity contribution is 9.10. The molecule has 1 heterocycles. The largest absolute Gasteiger partial charge is 0.299 e. The molecule has 0 aliphatic rings. The van der Waals surface area contributed by atoms with Crippen LogP contribution in [0.3, 0.4) is 0 Å². The second-order valence-electron chi connectivity index (χ2n) is 1.68. The van der Waals surface area contributed by atoms with Crippen LogP contribution in [0.5, 0.6) is 0 Å². The van der Waals surface area contributed by atoms with Crippen molar-refractivity contribution in [1.29, 1.82) is 0 Å². The van der Waals surface area contributed by atoms with Crippen molar-refractivity contribution >= 4 is 22.1 Å². The number of nitrogens with zero attached hydrogens (tertiary/aromatic N) is 2. The van der Waals surface area contributed by atoms with Crippen molar-refractivity contribution < 1.29 is 0 Å². The smallest absolute Gasteiger partial charge is 0.110 e. The standard InChI is InChI=1S/C6H7BrN2/c1-3-9-5(2)8-4-6(9)7/h3-4H,1H2,2H3. The third-order valence-electron chi connectivity index (χ3n) is 1.12. The van der Waals surface area contributed by atoms with Crippen LogP contribution in [-0.4, -0.2) is 9.55 Å². The van der Waals surface area contributed by atoms with E-state index in [1.54, 1.807) is 12.4 Å². The number of imidazole rings is 1. The lowest BCUT2D eigenvalue weighted by atomic mass is 10.7. The Bertz CT molecular complexity index is 207. The Hall–Kier alpha value is -0.570. The lowest BCUT2D eigenvalue weighted by Crippen LogP contribution is -1.87. The molecule has 0 aliphatic carbocycles. The van der Waals surface area contributed by atoms with Gasteiger partial charge in [-0.15, -0.1) is 0 Å². The summed E-state index contributed by atoms with van der Waals surface area (Å²) in [6, 6.07) is 0. The monoisotopic (exact) mass is 186 g/mol. The Kier molecular flexibility index (Phi) is 1.71. The van der Waals surface area contributed by atoms with Gasteiger partial charge in [0.05, 0.1) is 6.20 Å². The molecule has 2 nitrogen and oxygen atoms in total. The van der Waals surface area contributed by atoms with Crippen LogP contribution in [0, 0.1) is 6.92 Å². The summed E-state index contributed by atoms with van der Waals surface area (Å²) in [6.07, 6.45) is 3.46. The van der Waals surface area contributed by atoms with Gasteiger partial charge in [0, 0.05) is 6.20 Å². The summed E-state index contributed by atoms with van der Waals surface area (Å²) in [4.78, 5) is 4.03. The predicted octanol–water partition coefficient (Wildman–Crippen LogP) is 2.05. The molecule has 1 aromatic rings. The Morgan fingerprint density at radius 3 is 2.78 bits per heavy atom. The first kappa shape index (κ1) is 6.55. The summed E-state index contributed by atoms with van der Waals surface area (Å²) in [7, 11) is 0. The summed E-state index contributed by atoms with van der Waals surface area (Å²) in [5.74, 6) is 0.942. The molecule has 0 aliphatic heterocycles. The van der Waals surface area contributed by atoms with Crippen molar-refractivity contribution in [2.24, 2.45) is 0 Å². The molecule has 0 N–H and O–H groups in total. The molecule has 1 rings (SSSR count). The van der Waals surface area contributed by atoms with Gasteiger partial charge < -0.3 is 0 Å². The number of hydrogen-bond acceptors (Lipinski definition) is 1. The minimum absolute atomic E-state index is 0.940. The van der Waals surface area contributed by atoms with Gasteiger partial charge in [-0.3, -0.25) is 4.57 Å². The molecule has 0 atom stereocenters. The number of rotatable bonds is 1. The van der Waals surface area contributed by atoms with Crippen molar-refractivity contribution in [2.45, 2.75) is 6.92 Å². The van der Waals surface area contributed by atoms with Gasteiger partial charge >= 0.3 is 0 Å². The number of aromatic nitrogens is 2. The SMILES string of the molecule is C=Cn1c(Br)cnc1C. The molecule has 0 saturated carbocycles. The van der Waals surface area contributed by atoms with Crippen molar-refractivity contribution in [3.8, 4) is 0 Å². The molecule has 0 amide bonds. The van der Waals surface area contributed by atoms with E-state index in [1.807, 2.05) is 11.5 Å². The minimum Gasteiger partial charge on any atom is -0.299 e.